The maximum atomic E-state index is 11.7. The maximum Gasteiger partial charge on any atom is 0.250 e. The number of rotatable bonds is 7. The number of nitrogens with zero attached hydrogens (tertiary/aromatic N) is 3. The first-order valence-electron chi connectivity index (χ1n) is 7.22. The van der Waals surface area contributed by atoms with Crippen molar-refractivity contribution in [3.63, 3.8) is 0 Å². The third-order valence-corrected chi connectivity index (χ3v) is 3.68. The Balaban J connectivity index is 1.67. The van der Waals surface area contributed by atoms with Crippen LogP contribution in [0.25, 0.3) is 0 Å². The third-order valence-electron chi connectivity index (χ3n) is 3.68. The second kappa shape index (κ2) is 6.13. The molecule has 0 spiro atoms. The van der Waals surface area contributed by atoms with Gasteiger partial charge in [-0.25, -0.2) is 4.98 Å². The molecule has 1 aliphatic rings. The van der Waals surface area contributed by atoms with Crippen LogP contribution in [0.5, 0.6) is 0 Å². The van der Waals surface area contributed by atoms with Crippen molar-refractivity contribution in [2.24, 2.45) is 0 Å². The standard InChI is InChI=1S/C15H20N4O2/c1-21-7-6-18-10-12(2-5-15(18)20)17-9-14-8-16-11-19(14)13-3-4-13/h2,5,8,10-11,13,17H,3-4,6-7,9H2,1H3. The first-order valence-corrected chi connectivity index (χ1v) is 7.22. The van der Waals surface area contributed by atoms with Crippen molar-refractivity contribution in [3.05, 3.63) is 46.9 Å². The van der Waals surface area contributed by atoms with Gasteiger partial charge in [0.05, 0.1) is 30.9 Å². The van der Waals surface area contributed by atoms with Crippen molar-refractivity contribution in [1.82, 2.24) is 14.1 Å². The van der Waals surface area contributed by atoms with E-state index in [1.54, 1.807) is 17.7 Å². The summed E-state index contributed by atoms with van der Waals surface area (Å²) in [5.74, 6) is 0. The largest absolute Gasteiger partial charge is 0.383 e. The normalized spacial score (nSPS) is 14.3. The monoisotopic (exact) mass is 288 g/mol. The summed E-state index contributed by atoms with van der Waals surface area (Å²) in [4.78, 5) is 15.9. The molecule has 112 valence electrons. The molecule has 6 heteroatoms. The molecule has 1 saturated carbocycles. The lowest BCUT2D eigenvalue weighted by molar-refractivity contribution is 0.186. The summed E-state index contributed by atoms with van der Waals surface area (Å²) >= 11 is 0. The first-order chi connectivity index (χ1) is 10.3. The highest BCUT2D eigenvalue weighted by Gasteiger charge is 2.24. The predicted octanol–water partition coefficient (Wildman–Crippen LogP) is 1.64. The summed E-state index contributed by atoms with van der Waals surface area (Å²) in [7, 11) is 1.63. The van der Waals surface area contributed by atoms with Crippen LogP contribution < -0.4 is 10.9 Å². The zero-order valence-electron chi connectivity index (χ0n) is 12.2. The average molecular weight is 288 g/mol. The Morgan fingerprint density at radius 3 is 3.05 bits per heavy atom. The zero-order chi connectivity index (χ0) is 14.7. The Hall–Kier alpha value is -2.08. The van der Waals surface area contributed by atoms with E-state index in [0.717, 1.165) is 5.69 Å². The van der Waals surface area contributed by atoms with E-state index in [4.69, 9.17) is 4.74 Å². The summed E-state index contributed by atoms with van der Waals surface area (Å²) in [6.07, 6.45) is 8.11. The SMILES string of the molecule is COCCn1cc(NCc2cncn2C2CC2)ccc1=O. The molecule has 21 heavy (non-hydrogen) atoms. The van der Waals surface area contributed by atoms with Crippen LogP contribution in [0.4, 0.5) is 5.69 Å². The fourth-order valence-corrected chi connectivity index (χ4v) is 2.34. The Bertz CT molecular complexity index is 658. The molecule has 2 aromatic heterocycles. The van der Waals surface area contributed by atoms with Gasteiger partial charge >= 0.3 is 0 Å². The van der Waals surface area contributed by atoms with E-state index in [1.807, 2.05) is 24.8 Å². The highest BCUT2D eigenvalue weighted by Crippen LogP contribution is 2.35. The number of hydrogen-bond acceptors (Lipinski definition) is 4. The molecule has 2 aromatic rings. The summed E-state index contributed by atoms with van der Waals surface area (Å²) in [6, 6.07) is 4.01. The van der Waals surface area contributed by atoms with Gasteiger partial charge in [0.1, 0.15) is 0 Å². The number of aromatic nitrogens is 3. The molecule has 0 atom stereocenters. The van der Waals surface area contributed by atoms with Crippen LogP contribution in [0.1, 0.15) is 24.6 Å². The fraction of sp³-hybridized carbons (Fsp3) is 0.467. The van der Waals surface area contributed by atoms with Crippen LogP contribution in [-0.4, -0.2) is 27.8 Å². The summed E-state index contributed by atoms with van der Waals surface area (Å²) in [6.45, 7) is 1.79. The average Bonchev–Trinajstić information content (AvgIpc) is 3.24. The van der Waals surface area contributed by atoms with Crippen molar-refractivity contribution in [2.75, 3.05) is 19.0 Å². The van der Waals surface area contributed by atoms with Crippen molar-refractivity contribution in [3.8, 4) is 0 Å². The molecule has 0 radical (unpaired) electrons. The molecular weight excluding hydrogens is 268 g/mol. The zero-order valence-corrected chi connectivity index (χ0v) is 12.2. The fourth-order valence-electron chi connectivity index (χ4n) is 2.34. The summed E-state index contributed by atoms with van der Waals surface area (Å²) in [5, 5.41) is 3.35. The predicted molar refractivity (Wildman–Crippen MR) is 80.4 cm³/mol. The lowest BCUT2D eigenvalue weighted by Crippen LogP contribution is -2.21. The Morgan fingerprint density at radius 2 is 2.29 bits per heavy atom. The van der Waals surface area contributed by atoms with Gasteiger partial charge in [-0.1, -0.05) is 0 Å². The lowest BCUT2D eigenvalue weighted by Gasteiger charge is -2.11. The van der Waals surface area contributed by atoms with Crippen LogP contribution in [-0.2, 0) is 17.8 Å². The minimum absolute atomic E-state index is 0.0133. The molecular formula is C15H20N4O2. The third kappa shape index (κ3) is 3.33. The van der Waals surface area contributed by atoms with Crippen molar-refractivity contribution in [2.45, 2.75) is 32.0 Å². The Labute approximate surface area is 123 Å². The topological polar surface area (TPSA) is 61.1 Å². The highest BCUT2D eigenvalue weighted by molar-refractivity contribution is 5.40. The molecule has 3 rings (SSSR count). The highest BCUT2D eigenvalue weighted by atomic mass is 16.5. The molecule has 1 N–H and O–H groups in total. The molecule has 0 amide bonds. The lowest BCUT2D eigenvalue weighted by atomic mass is 10.3. The van der Waals surface area contributed by atoms with Gasteiger partial charge < -0.3 is 19.2 Å². The van der Waals surface area contributed by atoms with Gasteiger partial charge in [-0.2, -0.15) is 0 Å². The van der Waals surface area contributed by atoms with E-state index in [-0.39, 0.29) is 5.56 Å². The van der Waals surface area contributed by atoms with E-state index < -0.39 is 0 Å². The smallest absolute Gasteiger partial charge is 0.250 e. The van der Waals surface area contributed by atoms with Crippen LogP contribution >= 0.6 is 0 Å². The maximum absolute atomic E-state index is 11.7. The van der Waals surface area contributed by atoms with Crippen molar-refractivity contribution in [1.29, 1.82) is 0 Å². The van der Waals surface area contributed by atoms with Gasteiger partial charge in [0.25, 0.3) is 5.56 Å². The molecule has 0 aliphatic heterocycles. The van der Waals surface area contributed by atoms with Crippen LogP contribution in [0.15, 0.2) is 35.6 Å². The van der Waals surface area contributed by atoms with E-state index in [0.29, 0.717) is 25.7 Å². The molecule has 1 fully saturated rings. The Morgan fingerprint density at radius 1 is 1.43 bits per heavy atom. The second-order valence-corrected chi connectivity index (χ2v) is 5.32. The van der Waals surface area contributed by atoms with Gasteiger partial charge in [-0.15, -0.1) is 0 Å². The van der Waals surface area contributed by atoms with Gasteiger partial charge in [0, 0.05) is 38.2 Å². The molecule has 0 aromatic carbocycles. The van der Waals surface area contributed by atoms with E-state index in [2.05, 4.69) is 14.9 Å². The molecule has 0 unspecified atom stereocenters. The van der Waals surface area contributed by atoms with Gasteiger partial charge in [-0.3, -0.25) is 4.79 Å². The van der Waals surface area contributed by atoms with Gasteiger partial charge in [0.2, 0.25) is 0 Å². The van der Waals surface area contributed by atoms with Crippen LogP contribution in [0, 0.1) is 0 Å². The van der Waals surface area contributed by atoms with E-state index in [1.165, 1.54) is 18.5 Å². The summed E-state index contributed by atoms with van der Waals surface area (Å²) in [5.41, 5.74) is 2.09. The number of ether oxygens (including phenoxy) is 1. The number of pyridine rings is 1. The summed E-state index contributed by atoms with van der Waals surface area (Å²) < 4.78 is 8.90. The Kier molecular flexibility index (Phi) is 4.06. The van der Waals surface area contributed by atoms with Crippen LogP contribution in [0.2, 0.25) is 0 Å². The first kappa shape index (κ1) is 13.9. The number of hydrogen-bond donors (Lipinski definition) is 1. The molecule has 1 aliphatic carbocycles. The number of imidazole rings is 1. The molecule has 2 heterocycles. The van der Waals surface area contributed by atoms with Gasteiger partial charge in [-0.05, 0) is 18.9 Å². The van der Waals surface area contributed by atoms with Crippen LogP contribution in [0.3, 0.4) is 0 Å². The molecule has 0 saturated heterocycles. The van der Waals surface area contributed by atoms with Crippen molar-refractivity contribution < 1.29 is 4.74 Å². The minimum atomic E-state index is -0.0133. The number of methoxy groups -OCH3 is 1. The molecule has 0 bridgehead atoms. The van der Waals surface area contributed by atoms with Gasteiger partial charge in [0.15, 0.2) is 0 Å². The van der Waals surface area contributed by atoms with Crippen molar-refractivity contribution >= 4 is 5.69 Å². The number of anilines is 1. The molecule has 6 nitrogen and oxygen atoms in total. The second-order valence-electron chi connectivity index (χ2n) is 5.32. The quantitative estimate of drug-likeness (QED) is 0.841. The minimum Gasteiger partial charge on any atom is -0.383 e. The van der Waals surface area contributed by atoms with E-state index in [9.17, 15) is 4.79 Å². The number of nitrogens with one attached hydrogen (secondary N) is 1. The van der Waals surface area contributed by atoms with E-state index >= 15 is 0 Å².